The molecule has 0 saturated heterocycles. The third-order valence-electron chi connectivity index (χ3n) is 5.31. The van der Waals surface area contributed by atoms with E-state index in [0.29, 0.717) is 52.4 Å². The van der Waals surface area contributed by atoms with Crippen LogP contribution in [0.3, 0.4) is 0 Å². The first-order valence-corrected chi connectivity index (χ1v) is 11.6. The zero-order valence-electron chi connectivity index (χ0n) is 20.6. The fourth-order valence-corrected chi connectivity index (χ4v) is 3.75. The number of amides is 1. The Balaban J connectivity index is 1.65. The van der Waals surface area contributed by atoms with Gasteiger partial charge in [0.15, 0.2) is 11.5 Å². The summed E-state index contributed by atoms with van der Waals surface area (Å²) < 4.78 is 21.8. The fourth-order valence-electron chi connectivity index (χ4n) is 3.75. The van der Waals surface area contributed by atoms with E-state index in [2.05, 4.69) is 10.3 Å². The van der Waals surface area contributed by atoms with Gasteiger partial charge in [0.05, 0.1) is 54.8 Å². The summed E-state index contributed by atoms with van der Waals surface area (Å²) in [4.78, 5) is 29.6. The highest BCUT2D eigenvalue weighted by Gasteiger charge is 2.21. The number of carbonyl (C=O) groups excluding carboxylic acids is 2. The Labute approximate surface area is 209 Å². The fraction of sp³-hybridized carbons (Fsp3) is 0.346. The van der Waals surface area contributed by atoms with Crippen molar-refractivity contribution >= 4 is 28.5 Å². The number of carbonyl (C=O) groups is 2. The molecule has 4 N–H and O–H groups in total. The Morgan fingerprint density at radius 2 is 1.81 bits per heavy atom. The first-order valence-electron chi connectivity index (χ1n) is 11.6. The van der Waals surface area contributed by atoms with Gasteiger partial charge in [-0.3, -0.25) is 9.78 Å². The van der Waals surface area contributed by atoms with Gasteiger partial charge in [-0.15, -0.1) is 0 Å². The third kappa shape index (κ3) is 5.95. The highest BCUT2D eigenvalue weighted by atomic mass is 16.5. The number of aryl methyl sites for hydroxylation is 1. The molecule has 3 rings (SSSR count). The SMILES string of the molecule is CCOC(=O)c1c(C)nc2cccc(OCCCNC(=O)c3cccc(OCCO)c3OC)c2c1N. The summed E-state index contributed by atoms with van der Waals surface area (Å²) in [6, 6.07) is 10.3. The van der Waals surface area contributed by atoms with Crippen molar-refractivity contribution in [3.63, 3.8) is 0 Å². The topological polar surface area (TPSA) is 142 Å². The second kappa shape index (κ2) is 12.6. The van der Waals surface area contributed by atoms with Gasteiger partial charge in [-0.05, 0) is 44.5 Å². The van der Waals surface area contributed by atoms with Crippen LogP contribution in [0.2, 0.25) is 0 Å². The molecule has 0 radical (unpaired) electrons. The number of pyridine rings is 1. The first kappa shape index (κ1) is 26.6. The highest BCUT2D eigenvalue weighted by Crippen LogP contribution is 2.34. The molecule has 1 heterocycles. The molecule has 10 heteroatoms. The Bertz CT molecular complexity index is 1230. The van der Waals surface area contributed by atoms with Crippen LogP contribution < -0.4 is 25.3 Å². The molecule has 0 aliphatic carbocycles. The van der Waals surface area contributed by atoms with Crippen LogP contribution in [0.15, 0.2) is 36.4 Å². The minimum atomic E-state index is -0.527. The van der Waals surface area contributed by atoms with Crippen molar-refractivity contribution in [2.75, 3.05) is 45.8 Å². The van der Waals surface area contributed by atoms with Crippen molar-refractivity contribution in [2.45, 2.75) is 20.3 Å². The van der Waals surface area contributed by atoms with Gasteiger partial charge < -0.3 is 35.1 Å². The second-order valence-corrected chi connectivity index (χ2v) is 7.72. The zero-order chi connectivity index (χ0) is 26.1. The third-order valence-corrected chi connectivity index (χ3v) is 5.31. The minimum absolute atomic E-state index is 0.0911. The number of anilines is 1. The minimum Gasteiger partial charge on any atom is -0.493 e. The number of nitrogens with zero attached hydrogens (tertiary/aromatic N) is 1. The summed E-state index contributed by atoms with van der Waals surface area (Å²) in [7, 11) is 1.45. The van der Waals surface area contributed by atoms with Crippen LogP contribution in [0.5, 0.6) is 17.2 Å². The Kier molecular flexibility index (Phi) is 9.29. The largest absolute Gasteiger partial charge is 0.493 e. The van der Waals surface area contributed by atoms with Crippen molar-refractivity contribution in [3.05, 3.63) is 53.2 Å². The standard InChI is InChI=1S/C26H31N3O7/c1-4-34-26(32)21-16(2)29-18-9-6-10-19(22(18)23(21)27)35-14-7-12-28-25(31)17-8-5-11-20(24(17)33-3)36-15-13-30/h5-6,8-11,30H,4,7,12-15H2,1-3H3,(H2,27,29)(H,28,31). The van der Waals surface area contributed by atoms with Gasteiger partial charge in [0, 0.05) is 6.54 Å². The number of fused-ring (bicyclic) bond motifs is 1. The van der Waals surface area contributed by atoms with Crippen molar-refractivity contribution in [3.8, 4) is 17.2 Å². The molecule has 0 atom stereocenters. The van der Waals surface area contributed by atoms with E-state index in [-0.39, 0.29) is 43.6 Å². The zero-order valence-corrected chi connectivity index (χ0v) is 20.6. The molecule has 1 amide bonds. The number of benzene rings is 2. The maximum Gasteiger partial charge on any atom is 0.342 e. The number of nitrogen functional groups attached to an aromatic ring is 1. The van der Waals surface area contributed by atoms with Crippen molar-refractivity contribution in [2.24, 2.45) is 0 Å². The summed E-state index contributed by atoms with van der Waals surface area (Å²) in [5.74, 6) is 0.313. The number of aromatic nitrogens is 1. The van der Waals surface area contributed by atoms with Crippen LogP contribution in [0, 0.1) is 6.92 Å². The van der Waals surface area contributed by atoms with E-state index >= 15 is 0 Å². The molecule has 0 fully saturated rings. The lowest BCUT2D eigenvalue weighted by Gasteiger charge is -2.15. The molecule has 10 nitrogen and oxygen atoms in total. The van der Waals surface area contributed by atoms with Crippen LogP contribution in [0.4, 0.5) is 5.69 Å². The van der Waals surface area contributed by atoms with Crippen LogP contribution in [0.25, 0.3) is 10.9 Å². The number of hydrogen-bond acceptors (Lipinski definition) is 9. The molecule has 0 aliphatic rings. The van der Waals surface area contributed by atoms with Crippen LogP contribution in [-0.4, -0.2) is 62.0 Å². The number of aliphatic hydroxyl groups is 1. The van der Waals surface area contributed by atoms with E-state index in [1.165, 1.54) is 7.11 Å². The normalized spacial score (nSPS) is 10.7. The molecular formula is C26H31N3O7. The van der Waals surface area contributed by atoms with Gasteiger partial charge in [-0.2, -0.15) is 0 Å². The van der Waals surface area contributed by atoms with Gasteiger partial charge in [0.2, 0.25) is 0 Å². The van der Waals surface area contributed by atoms with E-state index in [9.17, 15) is 9.59 Å². The van der Waals surface area contributed by atoms with E-state index in [1.807, 2.05) is 0 Å². The molecule has 0 aliphatic heterocycles. The molecular weight excluding hydrogens is 466 g/mol. The number of nitrogens with two attached hydrogens (primary N) is 1. The maximum absolute atomic E-state index is 12.7. The molecule has 2 aromatic carbocycles. The number of aliphatic hydroxyl groups excluding tert-OH is 1. The first-order chi connectivity index (χ1) is 17.4. The smallest absolute Gasteiger partial charge is 0.342 e. The molecule has 192 valence electrons. The van der Waals surface area contributed by atoms with E-state index in [4.69, 9.17) is 29.8 Å². The van der Waals surface area contributed by atoms with Crippen molar-refractivity contribution < 1.29 is 33.6 Å². The lowest BCUT2D eigenvalue weighted by molar-refractivity contribution is 0.0526. The van der Waals surface area contributed by atoms with Gasteiger partial charge in [-0.25, -0.2) is 4.79 Å². The van der Waals surface area contributed by atoms with Gasteiger partial charge in [0.25, 0.3) is 5.91 Å². The predicted octanol–water partition coefficient (Wildman–Crippen LogP) is 2.88. The average molecular weight is 498 g/mol. The molecule has 0 spiro atoms. The molecule has 0 saturated carbocycles. The maximum atomic E-state index is 12.7. The van der Waals surface area contributed by atoms with Crippen molar-refractivity contribution in [1.29, 1.82) is 0 Å². The Morgan fingerprint density at radius 1 is 1.08 bits per heavy atom. The van der Waals surface area contributed by atoms with E-state index in [1.54, 1.807) is 50.2 Å². The van der Waals surface area contributed by atoms with Gasteiger partial charge in [0.1, 0.15) is 17.9 Å². The van der Waals surface area contributed by atoms with Gasteiger partial charge in [-0.1, -0.05) is 12.1 Å². The number of hydrogen-bond donors (Lipinski definition) is 3. The lowest BCUT2D eigenvalue weighted by atomic mass is 10.1. The van der Waals surface area contributed by atoms with E-state index in [0.717, 1.165) is 0 Å². The van der Waals surface area contributed by atoms with Crippen molar-refractivity contribution in [1.82, 2.24) is 10.3 Å². The predicted molar refractivity (Wildman–Crippen MR) is 135 cm³/mol. The lowest BCUT2D eigenvalue weighted by Crippen LogP contribution is -2.26. The summed E-state index contributed by atoms with van der Waals surface area (Å²) in [5.41, 5.74) is 8.25. The Morgan fingerprint density at radius 3 is 2.53 bits per heavy atom. The van der Waals surface area contributed by atoms with Gasteiger partial charge >= 0.3 is 5.97 Å². The number of esters is 1. The number of para-hydroxylation sites is 1. The quantitative estimate of drug-likeness (QED) is 0.254. The summed E-state index contributed by atoms with van der Waals surface area (Å²) in [6.45, 7) is 4.24. The molecule has 36 heavy (non-hydrogen) atoms. The molecule has 1 aromatic heterocycles. The number of methoxy groups -OCH3 is 1. The second-order valence-electron chi connectivity index (χ2n) is 7.72. The molecule has 0 bridgehead atoms. The number of rotatable bonds is 12. The molecule has 3 aromatic rings. The summed E-state index contributed by atoms with van der Waals surface area (Å²) >= 11 is 0. The monoisotopic (exact) mass is 497 g/mol. The van der Waals surface area contributed by atoms with Crippen LogP contribution in [-0.2, 0) is 4.74 Å². The summed E-state index contributed by atoms with van der Waals surface area (Å²) in [6.07, 6.45) is 0.509. The van der Waals surface area contributed by atoms with Crippen LogP contribution in [0.1, 0.15) is 39.8 Å². The summed E-state index contributed by atoms with van der Waals surface area (Å²) in [5, 5.41) is 12.4. The molecule has 0 unspecified atom stereocenters. The Hall–Kier alpha value is -4.05. The van der Waals surface area contributed by atoms with E-state index < -0.39 is 5.97 Å². The highest BCUT2D eigenvalue weighted by molar-refractivity contribution is 6.07. The number of nitrogens with one attached hydrogen (secondary N) is 1. The average Bonchev–Trinajstić information content (AvgIpc) is 2.86. The van der Waals surface area contributed by atoms with Crippen LogP contribution >= 0.6 is 0 Å². The number of ether oxygens (including phenoxy) is 4.